The number of aliphatic hydroxyl groups excluding tert-OH is 1. The normalized spacial score (nSPS) is 11.8. The fraction of sp³-hybridized carbons (Fsp3) is 0.0588. The van der Waals surface area contributed by atoms with Crippen LogP contribution in [0.3, 0.4) is 0 Å². The highest BCUT2D eigenvalue weighted by molar-refractivity contribution is 6.42. The summed E-state index contributed by atoms with van der Waals surface area (Å²) in [5.74, 6) is -1.84. The number of primary amides is 1. The molecule has 0 fully saturated rings. The van der Waals surface area contributed by atoms with Gasteiger partial charge < -0.3 is 15.9 Å². The van der Waals surface area contributed by atoms with Crippen molar-refractivity contribution in [3.63, 3.8) is 0 Å². The third-order valence-electron chi connectivity index (χ3n) is 2.68. The van der Waals surface area contributed by atoms with Crippen molar-refractivity contribution in [2.45, 2.75) is 6.10 Å². The molecule has 2 aromatic rings. The molecule has 0 saturated carbocycles. The molecule has 0 aliphatic carbocycles. The van der Waals surface area contributed by atoms with Gasteiger partial charge in [0.1, 0.15) is 5.03 Å². The molecule has 0 aromatic heterocycles. The van der Waals surface area contributed by atoms with Crippen LogP contribution in [-0.2, 0) is 9.59 Å². The summed E-state index contributed by atoms with van der Waals surface area (Å²) >= 11 is 5.41. The standard InChI is InChI=1S/C9H7ClO2.C8H9NO2/c10-8(9(11)12)6-7-4-2-1-3-5-7;9-8(11)7(10)6-4-2-1-3-5-6/h1-6H,(H,11,12);1-5,7,10H,(H2,9,11). The van der Waals surface area contributed by atoms with Crippen molar-refractivity contribution < 1.29 is 19.8 Å². The van der Waals surface area contributed by atoms with Crippen LogP contribution in [0.1, 0.15) is 17.2 Å². The SMILES string of the molecule is NC(=O)C(O)c1ccccc1.O=C(O)C(Cl)=Cc1ccccc1. The molecule has 1 amide bonds. The van der Waals surface area contributed by atoms with E-state index in [-0.39, 0.29) is 5.03 Å². The van der Waals surface area contributed by atoms with E-state index in [1.807, 2.05) is 18.2 Å². The van der Waals surface area contributed by atoms with Crippen LogP contribution in [-0.4, -0.2) is 22.1 Å². The van der Waals surface area contributed by atoms with Crippen molar-refractivity contribution in [2.24, 2.45) is 5.73 Å². The second-order valence-corrected chi connectivity index (χ2v) is 4.83. The van der Waals surface area contributed by atoms with Gasteiger partial charge in [-0.05, 0) is 17.2 Å². The molecule has 0 bridgehead atoms. The highest BCUT2D eigenvalue weighted by Gasteiger charge is 2.11. The Balaban J connectivity index is 0.000000231. The van der Waals surface area contributed by atoms with Gasteiger partial charge >= 0.3 is 5.97 Å². The fourth-order valence-electron chi connectivity index (χ4n) is 1.56. The Kier molecular flexibility index (Phi) is 7.53. The quantitative estimate of drug-likeness (QED) is 0.748. The minimum absolute atomic E-state index is 0.179. The third kappa shape index (κ3) is 6.78. The summed E-state index contributed by atoms with van der Waals surface area (Å²) in [6.45, 7) is 0. The number of rotatable bonds is 4. The Bertz CT molecular complexity index is 672. The van der Waals surface area contributed by atoms with E-state index in [1.165, 1.54) is 6.08 Å². The molecule has 0 aliphatic heterocycles. The monoisotopic (exact) mass is 333 g/mol. The van der Waals surface area contributed by atoms with Gasteiger partial charge in [-0.1, -0.05) is 72.3 Å². The molecular weight excluding hydrogens is 318 g/mol. The molecular formula is C17H16ClNO4. The number of benzene rings is 2. The summed E-state index contributed by atoms with van der Waals surface area (Å²) in [4.78, 5) is 20.8. The van der Waals surface area contributed by atoms with E-state index >= 15 is 0 Å². The molecule has 0 radical (unpaired) electrons. The molecule has 5 nitrogen and oxygen atoms in total. The van der Waals surface area contributed by atoms with Gasteiger partial charge in [0.25, 0.3) is 5.91 Å². The van der Waals surface area contributed by atoms with E-state index < -0.39 is 18.0 Å². The van der Waals surface area contributed by atoms with Gasteiger partial charge in [0.15, 0.2) is 6.10 Å². The molecule has 1 unspecified atom stereocenters. The van der Waals surface area contributed by atoms with Crippen molar-refractivity contribution in [2.75, 3.05) is 0 Å². The summed E-state index contributed by atoms with van der Waals surface area (Å²) in [6.07, 6.45) is 0.223. The van der Waals surface area contributed by atoms with E-state index in [2.05, 4.69) is 0 Å². The maximum Gasteiger partial charge on any atom is 0.347 e. The van der Waals surface area contributed by atoms with Crippen molar-refractivity contribution in [1.29, 1.82) is 0 Å². The lowest BCUT2D eigenvalue weighted by molar-refractivity contribution is -0.131. The van der Waals surface area contributed by atoms with Crippen LogP contribution in [0.25, 0.3) is 6.08 Å². The van der Waals surface area contributed by atoms with Crippen LogP contribution in [0, 0.1) is 0 Å². The Labute approximate surface area is 138 Å². The Morgan fingerprint density at radius 1 is 1.00 bits per heavy atom. The maximum atomic E-state index is 10.5. The van der Waals surface area contributed by atoms with Gasteiger partial charge in [-0.25, -0.2) is 4.79 Å². The molecule has 0 spiro atoms. The molecule has 2 aromatic carbocycles. The van der Waals surface area contributed by atoms with Crippen molar-refractivity contribution in [3.8, 4) is 0 Å². The predicted molar refractivity (Wildman–Crippen MR) is 88.5 cm³/mol. The second kappa shape index (κ2) is 9.40. The average molecular weight is 334 g/mol. The van der Waals surface area contributed by atoms with E-state index in [0.717, 1.165) is 5.56 Å². The first-order chi connectivity index (χ1) is 10.9. The molecule has 0 saturated heterocycles. The number of hydrogen-bond acceptors (Lipinski definition) is 3. The highest BCUT2D eigenvalue weighted by Crippen LogP contribution is 2.10. The minimum atomic E-state index is -1.18. The van der Waals surface area contributed by atoms with Crippen molar-refractivity contribution in [3.05, 3.63) is 76.8 Å². The zero-order valence-corrected chi connectivity index (χ0v) is 12.9. The molecule has 0 heterocycles. The number of carbonyl (C=O) groups excluding carboxylic acids is 1. The molecule has 0 aliphatic rings. The van der Waals surface area contributed by atoms with Crippen molar-refractivity contribution in [1.82, 2.24) is 0 Å². The largest absolute Gasteiger partial charge is 0.477 e. The van der Waals surface area contributed by atoms with Crippen molar-refractivity contribution >= 4 is 29.6 Å². The topological polar surface area (TPSA) is 101 Å². The number of carboxylic acids is 1. The van der Waals surface area contributed by atoms with Gasteiger partial charge in [-0.2, -0.15) is 0 Å². The molecule has 4 N–H and O–H groups in total. The first-order valence-electron chi connectivity index (χ1n) is 6.59. The number of nitrogens with two attached hydrogens (primary N) is 1. The number of aliphatic carboxylic acids is 1. The number of amides is 1. The van der Waals surface area contributed by atoms with Gasteiger partial charge in [0.05, 0.1) is 0 Å². The number of carboxylic acid groups (broad SMARTS) is 1. The smallest absolute Gasteiger partial charge is 0.347 e. The van der Waals surface area contributed by atoms with Crippen LogP contribution in [0.2, 0.25) is 0 Å². The first kappa shape index (κ1) is 18.4. The maximum absolute atomic E-state index is 10.5. The van der Waals surface area contributed by atoms with Crippen LogP contribution in [0.15, 0.2) is 65.7 Å². The Morgan fingerprint density at radius 3 is 1.91 bits per heavy atom. The number of carbonyl (C=O) groups is 2. The molecule has 23 heavy (non-hydrogen) atoms. The fourth-order valence-corrected chi connectivity index (χ4v) is 1.68. The first-order valence-corrected chi connectivity index (χ1v) is 6.97. The summed E-state index contributed by atoms with van der Waals surface area (Å²) in [6, 6.07) is 17.6. The lowest BCUT2D eigenvalue weighted by Crippen LogP contribution is -2.20. The van der Waals surface area contributed by atoms with E-state index in [0.29, 0.717) is 5.56 Å². The lowest BCUT2D eigenvalue weighted by atomic mass is 10.1. The molecule has 1 atom stereocenters. The Morgan fingerprint density at radius 2 is 1.48 bits per heavy atom. The number of halogens is 1. The summed E-state index contributed by atoms with van der Waals surface area (Å²) in [5, 5.41) is 17.4. The van der Waals surface area contributed by atoms with E-state index in [4.69, 9.17) is 27.5 Å². The van der Waals surface area contributed by atoms with Crippen LogP contribution in [0.5, 0.6) is 0 Å². The molecule has 120 valence electrons. The highest BCUT2D eigenvalue weighted by atomic mass is 35.5. The van der Waals surface area contributed by atoms with Gasteiger partial charge in [-0.15, -0.1) is 0 Å². The summed E-state index contributed by atoms with van der Waals surface area (Å²) in [7, 11) is 0. The van der Waals surface area contributed by atoms with Gasteiger partial charge in [-0.3, -0.25) is 4.79 Å². The number of aliphatic hydroxyl groups is 1. The number of hydrogen-bond donors (Lipinski definition) is 3. The van der Waals surface area contributed by atoms with E-state index in [9.17, 15) is 9.59 Å². The predicted octanol–water partition coefficient (Wildman–Crippen LogP) is 2.56. The van der Waals surface area contributed by atoms with Gasteiger partial charge in [0, 0.05) is 0 Å². The van der Waals surface area contributed by atoms with E-state index in [1.54, 1.807) is 42.5 Å². The second-order valence-electron chi connectivity index (χ2n) is 4.42. The zero-order chi connectivity index (χ0) is 17.2. The molecule has 6 heteroatoms. The summed E-state index contributed by atoms with van der Waals surface area (Å²) in [5.41, 5.74) is 6.19. The Hall–Kier alpha value is -2.63. The summed E-state index contributed by atoms with van der Waals surface area (Å²) < 4.78 is 0. The van der Waals surface area contributed by atoms with Crippen LogP contribution in [0.4, 0.5) is 0 Å². The average Bonchev–Trinajstić information content (AvgIpc) is 2.56. The van der Waals surface area contributed by atoms with Crippen LogP contribution >= 0.6 is 11.6 Å². The molecule has 2 rings (SSSR count). The van der Waals surface area contributed by atoms with Gasteiger partial charge in [0.2, 0.25) is 0 Å². The van der Waals surface area contributed by atoms with Crippen LogP contribution < -0.4 is 5.73 Å². The third-order valence-corrected chi connectivity index (χ3v) is 2.95. The zero-order valence-electron chi connectivity index (χ0n) is 12.1. The minimum Gasteiger partial charge on any atom is -0.477 e. The lowest BCUT2D eigenvalue weighted by Gasteiger charge is -2.04.